The number of halogens is 2. The molecule has 2 aromatic carbocycles. The van der Waals surface area contributed by atoms with Gasteiger partial charge in [-0.15, -0.1) is 0 Å². The Balaban J connectivity index is 2.47. The summed E-state index contributed by atoms with van der Waals surface area (Å²) >= 11 is 13.1. The van der Waals surface area contributed by atoms with E-state index in [0.717, 1.165) is 23.7 Å². The number of rotatable bonds is 8. The van der Waals surface area contributed by atoms with Gasteiger partial charge in [0.05, 0.1) is 15.7 Å². The average Bonchev–Trinajstić information content (AvgIpc) is 2.64. The highest BCUT2D eigenvalue weighted by atomic mass is 35.5. The van der Waals surface area contributed by atoms with E-state index >= 15 is 0 Å². The molecule has 0 aromatic heterocycles. The van der Waals surface area contributed by atoms with Crippen molar-refractivity contribution in [2.24, 2.45) is 0 Å². The summed E-state index contributed by atoms with van der Waals surface area (Å²) in [6, 6.07) is 11.4. The minimum atomic E-state index is -2.49. The van der Waals surface area contributed by atoms with Crippen LogP contribution in [0, 0.1) is 0 Å². The quantitative estimate of drug-likeness (QED) is 0.483. The van der Waals surface area contributed by atoms with Crippen LogP contribution in [-0.4, -0.2) is 39.4 Å². The maximum Gasteiger partial charge on any atom is 0.214 e. The van der Waals surface area contributed by atoms with Crippen LogP contribution in [0.1, 0.15) is 13.3 Å². The fraction of sp³-hybridized carbons (Fsp3) is 0.350. The zero-order valence-corrected chi connectivity index (χ0v) is 18.4. The Kier molecular flexibility index (Phi) is 7.53. The number of hydrogen-bond donors (Lipinski definition) is 1. The molecule has 2 rings (SSSR count). The minimum Gasteiger partial charge on any atom is -0.319 e. The van der Waals surface area contributed by atoms with Gasteiger partial charge in [-0.2, -0.15) is 0 Å². The van der Waals surface area contributed by atoms with Gasteiger partial charge in [0.15, 0.2) is 0 Å². The molecule has 0 aliphatic carbocycles. The van der Waals surface area contributed by atoms with Crippen molar-refractivity contribution in [3.63, 3.8) is 0 Å². The largest absolute Gasteiger partial charge is 0.319 e. The van der Waals surface area contributed by atoms with E-state index in [-0.39, 0.29) is 6.04 Å². The van der Waals surface area contributed by atoms with Crippen LogP contribution in [0.5, 0.6) is 0 Å². The average molecular weight is 427 g/mol. The smallest absolute Gasteiger partial charge is 0.214 e. The number of carbonyl (C=O) groups is 1. The lowest BCUT2D eigenvalue weighted by molar-refractivity contribution is -0.107. The molecule has 1 unspecified atom stereocenters. The first-order valence-electron chi connectivity index (χ1n) is 8.72. The van der Waals surface area contributed by atoms with Crippen molar-refractivity contribution in [1.29, 1.82) is 0 Å². The highest BCUT2D eigenvalue weighted by Crippen LogP contribution is 2.43. The Bertz CT molecular complexity index is 867. The highest BCUT2D eigenvalue weighted by Gasteiger charge is 2.21. The third kappa shape index (κ3) is 5.14. The summed E-state index contributed by atoms with van der Waals surface area (Å²) in [7, 11) is -0.612. The van der Waals surface area contributed by atoms with Crippen molar-refractivity contribution in [3.05, 3.63) is 46.4 Å². The molecular weight excluding hydrogens is 402 g/mol. The molecule has 1 atom stereocenters. The van der Waals surface area contributed by atoms with Crippen molar-refractivity contribution in [3.8, 4) is 11.1 Å². The van der Waals surface area contributed by atoms with E-state index in [9.17, 15) is 9.36 Å². The lowest BCUT2D eigenvalue weighted by Crippen LogP contribution is -2.30. The SMILES string of the molecule is CNC(C)CCN(C=O)c1ccc(-c2ccccc2P(C)(C)=O)c(Cl)c1Cl. The molecule has 0 saturated carbocycles. The first kappa shape index (κ1) is 22.0. The molecule has 0 radical (unpaired) electrons. The van der Waals surface area contributed by atoms with E-state index < -0.39 is 7.14 Å². The van der Waals surface area contributed by atoms with Crippen LogP contribution >= 0.6 is 30.3 Å². The van der Waals surface area contributed by atoms with Crippen LogP contribution in [0.4, 0.5) is 5.69 Å². The van der Waals surface area contributed by atoms with Gasteiger partial charge in [-0.05, 0) is 45.4 Å². The summed E-state index contributed by atoms with van der Waals surface area (Å²) in [4.78, 5) is 13.1. The summed E-state index contributed by atoms with van der Waals surface area (Å²) in [5, 5.41) is 4.57. The predicted molar refractivity (Wildman–Crippen MR) is 118 cm³/mol. The van der Waals surface area contributed by atoms with Gasteiger partial charge in [-0.3, -0.25) is 4.79 Å². The number of benzene rings is 2. The number of nitrogens with one attached hydrogen (secondary N) is 1. The molecule has 4 nitrogen and oxygen atoms in total. The third-order valence-corrected chi connectivity index (χ3v) is 6.99. The second-order valence-electron chi connectivity index (χ2n) is 6.91. The molecule has 0 spiro atoms. The zero-order chi connectivity index (χ0) is 20.2. The zero-order valence-electron chi connectivity index (χ0n) is 16.0. The van der Waals surface area contributed by atoms with Crippen LogP contribution in [0.25, 0.3) is 11.1 Å². The first-order chi connectivity index (χ1) is 12.7. The number of carbonyl (C=O) groups excluding carboxylic acids is 1. The van der Waals surface area contributed by atoms with E-state index in [1.54, 1.807) is 24.3 Å². The van der Waals surface area contributed by atoms with E-state index in [0.29, 0.717) is 27.8 Å². The Hall–Kier alpha value is -1.32. The van der Waals surface area contributed by atoms with Gasteiger partial charge in [-0.25, -0.2) is 0 Å². The van der Waals surface area contributed by atoms with Gasteiger partial charge in [0.25, 0.3) is 0 Å². The van der Waals surface area contributed by atoms with Crippen LogP contribution in [0.3, 0.4) is 0 Å². The molecular formula is C20H25Cl2N2O2P. The summed E-state index contributed by atoms with van der Waals surface area (Å²) in [5.41, 5.74) is 2.07. The van der Waals surface area contributed by atoms with Crippen molar-refractivity contribution in [2.45, 2.75) is 19.4 Å². The first-order valence-corrected chi connectivity index (χ1v) is 12.1. The fourth-order valence-electron chi connectivity index (χ4n) is 2.85. The highest BCUT2D eigenvalue weighted by molar-refractivity contribution is 7.70. The number of anilines is 1. The van der Waals surface area contributed by atoms with Gasteiger partial charge >= 0.3 is 0 Å². The lowest BCUT2D eigenvalue weighted by atomic mass is 10.0. The standard InChI is InChI=1S/C20H25Cl2N2O2P/c1-14(23-2)11-12-24(13-25)17-10-9-16(19(21)20(17)22)15-7-5-6-8-18(15)27(3,4)26/h5-10,13-14,23H,11-12H2,1-4H3. The molecule has 1 amide bonds. The number of amides is 1. The normalized spacial score (nSPS) is 12.7. The molecule has 0 saturated heterocycles. The Morgan fingerprint density at radius 1 is 1.11 bits per heavy atom. The van der Waals surface area contributed by atoms with E-state index in [1.165, 1.54) is 0 Å². The maximum absolute atomic E-state index is 12.7. The van der Waals surface area contributed by atoms with Gasteiger partial charge in [0, 0.05) is 23.5 Å². The maximum atomic E-state index is 12.7. The third-order valence-electron chi connectivity index (χ3n) is 4.57. The number of nitrogens with zero attached hydrogens (tertiary/aromatic N) is 1. The Morgan fingerprint density at radius 2 is 1.78 bits per heavy atom. The molecule has 7 heteroatoms. The molecule has 146 valence electrons. The van der Waals surface area contributed by atoms with E-state index in [2.05, 4.69) is 5.32 Å². The van der Waals surface area contributed by atoms with Crippen LogP contribution in [0.2, 0.25) is 10.0 Å². The van der Waals surface area contributed by atoms with Crippen LogP contribution in [-0.2, 0) is 9.36 Å². The molecule has 0 bridgehead atoms. The van der Waals surface area contributed by atoms with E-state index in [1.807, 2.05) is 44.3 Å². The molecule has 1 N–H and O–H groups in total. The number of hydrogen-bond acceptors (Lipinski definition) is 3. The van der Waals surface area contributed by atoms with E-state index in [4.69, 9.17) is 23.2 Å². The summed E-state index contributed by atoms with van der Waals surface area (Å²) in [6.45, 7) is 6.03. The molecule has 0 aliphatic rings. The van der Waals surface area contributed by atoms with Crippen molar-refractivity contribution >= 4 is 47.7 Å². The Labute approximate surface area is 171 Å². The van der Waals surface area contributed by atoms with Gasteiger partial charge < -0.3 is 14.8 Å². The molecule has 2 aromatic rings. The lowest BCUT2D eigenvalue weighted by Gasteiger charge is -2.23. The molecule has 0 aliphatic heterocycles. The van der Waals surface area contributed by atoms with Crippen LogP contribution in [0.15, 0.2) is 36.4 Å². The summed E-state index contributed by atoms with van der Waals surface area (Å²) in [5.74, 6) is 0. The second-order valence-corrected chi connectivity index (χ2v) is 10.8. The monoisotopic (exact) mass is 426 g/mol. The fourth-order valence-corrected chi connectivity index (χ4v) is 4.60. The molecule has 0 heterocycles. The summed E-state index contributed by atoms with van der Waals surface area (Å²) in [6.07, 6.45) is 1.54. The summed E-state index contributed by atoms with van der Waals surface area (Å²) < 4.78 is 12.7. The molecule has 0 fully saturated rings. The van der Waals surface area contributed by atoms with Gasteiger partial charge in [-0.1, -0.05) is 53.5 Å². The predicted octanol–water partition coefficient (Wildman–Crippen LogP) is 4.87. The van der Waals surface area contributed by atoms with Gasteiger partial charge in [0.2, 0.25) is 6.41 Å². The van der Waals surface area contributed by atoms with Crippen LogP contribution < -0.4 is 15.5 Å². The molecule has 27 heavy (non-hydrogen) atoms. The van der Waals surface area contributed by atoms with Crippen molar-refractivity contribution < 1.29 is 9.36 Å². The van der Waals surface area contributed by atoms with Crippen molar-refractivity contribution in [1.82, 2.24) is 5.32 Å². The van der Waals surface area contributed by atoms with Gasteiger partial charge in [0.1, 0.15) is 7.14 Å². The Morgan fingerprint density at radius 3 is 2.37 bits per heavy atom. The van der Waals surface area contributed by atoms with Crippen molar-refractivity contribution in [2.75, 3.05) is 31.8 Å². The second kappa shape index (κ2) is 9.25. The topological polar surface area (TPSA) is 49.4 Å². The minimum absolute atomic E-state index is 0.274.